The standard InChI is InChI=1S/C11H24N2/c1-10(9-13-5)11(2,3)7-6-8-12-4/h9,12-13H,6-8H2,1-5H3/b10-9-. The second kappa shape index (κ2) is 6.03. The minimum atomic E-state index is 0.319. The van der Waals surface area contributed by atoms with Crippen LogP contribution in [0.3, 0.4) is 0 Å². The molecule has 0 unspecified atom stereocenters. The van der Waals surface area contributed by atoms with Crippen LogP contribution in [0.15, 0.2) is 11.8 Å². The molecule has 0 bridgehead atoms. The Morgan fingerprint density at radius 2 is 1.92 bits per heavy atom. The molecule has 0 saturated heterocycles. The fraction of sp³-hybridized carbons (Fsp3) is 0.818. The average molecular weight is 184 g/mol. The monoisotopic (exact) mass is 184 g/mol. The Labute approximate surface area is 82.8 Å². The van der Waals surface area contributed by atoms with Crippen LogP contribution in [0.2, 0.25) is 0 Å². The minimum absolute atomic E-state index is 0.319. The summed E-state index contributed by atoms with van der Waals surface area (Å²) in [7, 11) is 3.95. The quantitative estimate of drug-likeness (QED) is 0.618. The van der Waals surface area contributed by atoms with Crippen molar-refractivity contribution in [3.05, 3.63) is 11.8 Å². The van der Waals surface area contributed by atoms with Crippen LogP contribution in [0, 0.1) is 5.41 Å². The molecule has 0 aliphatic heterocycles. The molecule has 0 saturated carbocycles. The maximum Gasteiger partial charge on any atom is 0.00276 e. The van der Waals surface area contributed by atoms with Gasteiger partial charge in [-0.15, -0.1) is 0 Å². The number of hydrogen-bond acceptors (Lipinski definition) is 2. The van der Waals surface area contributed by atoms with Gasteiger partial charge in [0.05, 0.1) is 0 Å². The largest absolute Gasteiger partial charge is 0.394 e. The molecular weight excluding hydrogens is 160 g/mol. The Bertz CT molecular complexity index is 159. The van der Waals surface area contributed by atoms with E-state index in [0.29, 0.717) is 5.41 Å². The van der Waals surface area contributed by atoms with Crippen molar-refractivity contribution < 1.29 is 0 Å². The van der Waals surface area contributed by atoms with Crippen molar-refractivity contribution in [1.29, 1.82) is 0 Å². The molecule has 0 aliphatic rings. The van der Waals surface area contributed by atoms with E-state index in [2.05, 4.69) is 37.6 Å². The van der Waals surface area contributed by atoms with Crippen LogP contribution in [-0.4, -0.2) is 20.6 Å². The van der Waals surface area contributed by atoms with Gasteiger partial charge >= 0.3 is 0 Å². The predicted octanol–water partition coefficient (Wildman–Crippen LogP) is 2.14. The molecule has 0 radical (unpaired) electrons. The molecule has 2 nitrogen and oxygen atoms in total. The zero-order chi connectivity index (χ0) is 10.3. The summed E-state index contributed by atoms with van der Waals surface area (Å²) in [6.45, 7) is 7.89. The van der Waals surface area contributed by atoms with Gasteiger partial charge in [0.25, 0.3) is 0 Å². The summed E-state index contributed by atoms with van der Waals surface area (Å²) in [5, 5.41) is 6.26. The van der Waals surface area contributed by atoms with Crippen LogP contribution in [0.1, 0.15) is 33.6 Å². The highest BCUT2D eigenvalue weighted by Gasteiger charge is 2.18. The van der Waals surface area contributed by atoms with Crippen LogP contribution in [0.4, 0.5) is 0 Å². The molecule has 0 aromatic rings. The third-order valence-electron chi connectivity index (χ3n) is 2.66. The Kier molecular flexibility index (Phi) is 5.80. The van der Waals surface area contributed by atoms with Crippen LogP contribution in [0.25, 0.3) is 0 Å². The smallest absolute Gasteiger partial charge is 0.00276 e. The van der Waals surface area contributed by atoms with E-state index in [1.165, 1.54) is 18.4 Å². The summed E-state index contributed by atoms with van der Waals surface area (Å²) in [6, 6.07) is 0. The predicted molar refractivity (Wildman–Crippen MR) is 59.8 cm³/mol. The van der Waals surface area contributed by atoms with E-state index < -0.39 is 0 Å². The van der Waals surface area contributed by atoms with E-state index in [1.807, 2.05) is 14.1 Å². The van der Waals surface area contributed by atoms with Gasteiger partial charge in [-0.3, -0.25) is 0 Å². The fourth-order valence-corrected chi connectivity index (χ4v) is 1.32. The van der Waals surface area contributed by atoms with Crippen molar-refractivity contribution in [2.75, 3.05) is 20.6 Å². The van der Waals surface area contributed by atoms with E-state index >= 15 is 0 Å². The summed E-state index contributed by atoms with van der Waals surface area (Å²) in [4.78, 5) is 0. The van der Waals surface area contributed by atoms with Crippen LogP contribution in [0.5, 0.6) is 0 Å². The van der Waals surface area contributed by atoms with E-state index in [4.69, 9.17) is 0 Å². The Balaban J connectivity index is 3.98. The van der Waals surface area contributed by atoms with Gasteiger partial charge in [-0.05, 0) is 45.0 Å². The minimum Gasteiger partial charge on any atom is -0.394 e. The lowest BCUT2D eigenvalue weighted by Gasteiger charge is -2.25. The van der Waals surface area contributed by atoms with Gasteiger partial charge in [-0.2, -0.15) is 0 Å². The van der Waals surface area contributed by atoms with Crippen molar-refractivity contribution in [3.8, 4) is 0 Å². The highest BCUT2D eigenvalue weighted by Crippen LogP contribution is 2.30. The zero-order valence-electron chi connectivity index (χ0n) is 9.70. The molecule has 0 amide bonds. The van der Waals surface area contributed by atoms with Gasteiger partial charge in [-0.25, -0.2) is 0 Å². The molecule has 2 N–H and O–H groups in total. The first-order valence-corrected chi connectivity index (χ1v) is 5.03. The second-order valence-corrected chi connectivity index (χ2v) is 4.21. The van der Waals surface area contributed by atoms with Gasteiger partial charge in [-0.1, -0.05) is 19.4 Å². The number of rotatable bonds is 6. The fourth-order valence-electron chi connectivity index (χ4n) is 1.32. The maximum atomic E-state index is 3.18. The second-order valence-electron chi connectivity index (χ2n) is 4.21. The number of nitrogens with one attached hydrogen (secondary N) is 2. The SMILES string of the molecule is CN/C=C(/C)C(C)(C)CCCNC. The number of allylic oxidation sites excluding steroid dienone is 1. The van der Waals surface area contributed by atoms with E-state index in [0.717, 1.165) is 6.54 Å². The molecule has 0 rings (SSSR count). The Hall–Kier alpha value is -0.500. The van der Waals surface area contributed by atoms with Gasteiger partial charge < -0.3 is 10.6 Å². The molecule has 0 fully saturated rings. The molecule has 78 valence electrons. The average Bonchev–Trinajstić information content (AvgIpc) is 2.05. The Morgan fingerprint density at radius 3 is 2.38 bits per heavy atom. The van der Waals surface area contributed by atoms with Crippen molar-refractivity contribution in [2.24, 2.45) is 5.41 Å². The molecule has 13 heavy (non-hydrogen) atoms. The van der Waals surface area contributed by atoms with Gasteiger partial charge in [0.1, 0.15) is 0 Å². The van der Waals surface area contributed by atoms with Crippen molar-refractivity contribution in [2.45, 2.75) is 33.6 Å². The van der Waals surface area contributed by atoms with E-state index in [9.17, 15) is 0 Å². The van der Waals surface area contributed by atoms with Crippen molar-refractivity contribution in [3.63, 3.8) is 0 Å². The first-order valence-electron chi connectivity index (χ1n) is 5.03. The molecule has 0 heterocycles. The van der Waals surface area contributed by atoms with Crippen molar-refractivity contribution >= 4 is 0 Å². The first-order chi connectivity index (χ1) is 6.04. The van der Waals surface area contributed by atoms with Crippen LogP contribution in [-0.2, 0) is 0 Å². The lowest BCUT2D eigenvalue weighted by atomic mass is 9.81. The highest BCUT2D eigenvalue weighted by atomic mass is 14.8. The molecule has 0 aromatic carbocycles. The third kappa shape index (κ3) is 4.94. The molecular formula is C11H24N2. The van der Waals surface area contributed by atoms with Crippen molar-refractivity contribution in [1.82, 2.24) is 10.6 Å². The first kappa shape index (κ1) is 12.5. The summed E-state index contributed by atoms with van der Waals surface area (Å²) in [6.07, 6.45) is 4.57. The molecule has 0 aromatic heterocycles. The van der Waals surface area contributed by atoms with Gasteiger partial charge in [0, 0.05) is 7.05 Å². The number of hydrogen-bond donors (Lipinski definition) is 2. The van der Waals surface area contributed by atoms with E-state index in [-0.39, 0.29) is 0 Å². The van der Waals surface area contributed by atoms with Crippen LogP contribution >= 0.6 is 0 Å². The molecule has 0 spiro atoms. The topological polar surface area (TPSA) is 24.1 Å². The van der Waals surface area contributed by atoms with Crippen LogP contribution < -0.4 is 10.6 Å². The zero-order valence-corrected chi connectivity index (χ0v) is 9.70. The maximum absolute atomic E-state index is 3.18. The molecule has 0 aliphatic carbocycles. The highest BCUT2D eigenvalue weighted by molar-refractivity contribution is 5.07. The molecule has 2 heteroatoms. The van der Waals surface area contributed by atoms with Gasteiger partial charge in [0.15, 0.2) is 0 Å². The summed E-state index contributed by atoms with van der Waals surface area (Å²) in [5.74, 6) is 0. The lowest BCUT2D eigenvalue weighted by Crippen LogP contribution is -2.18. The van der Waals surface area contributed by atoms with E-state index in [1.54, 1.807) is 0 Å². The Morgan fingerprint density at radius 1 is 1.31 bits per heavy atom. The summed E-state index contributed by atoms with van der Waals surface area (Å²) in [5.41, 5.74) is 1.74. The van der Waals surface area contributed by atoms with Gasteiger partial charge in [0.2, 0.25) is 0 Å². The third-order valence-corrected chi connectivity index (χ3v) is 2.66. The summed E-state index contributed by atoms with van der Waals surface area (Å²) >= 11 is 0. The summed E-state index contributed by atoms with van der Waals surface area (Å²) < 4.78 is 0. The molecule has 0 atom stereocenters. The normalized spacial score (nSPS) is 13.2. The lowest BCUT2D eigenvalue weighted by molar-refractivity contribution is 0.389.